The molecule has 0 saturated heterocycles. The molecule has 0 radical (unpaired) electrons. The van der Waals surface area contributed by atoms with Crippen molar-refractivity contribution in [2.45, 2.75) is 38.5 Å². The first-order valence-electron chi connectivity index (χ1n) is 17.1. The van der Waals surface area contributed by atoms with Crippen LogP contribution in [0.3, 0.4) is 0 Å². The predicted molar refractivity (Wildman–Crippen MR) is 202 cm³/mol. The van der Waals surface area contributed by atoms with Gasteiger partial charge in [-0.1, -0.05) is 125 Å². The highest BCUT2D eigenvalue weighted by molar-refractivity contribution is 6.12. The second-order valence-electron chi connectivity index (χ2n) is 14.4. The lowest BCUT2D eigenvalue weighted by Crippen LogP contribution is -2.43. The van der Waals surface area contributed by atoms with Crippen LogP contribution in [-0.4, -0.2) is 15.0 Å². The summed E-state index contributed by atoms with van der Waals surface area (Å²) >= 11 is 0. The highest BCUT2D eigenvalue weighted by Gasteiger charge is 2.47. The van der Waals surface area contributed by atoms with Crippen LogP contribution in [0.5, 0.6) is 0 Å². The summed E-state index contributed by atoms with van der Waals surface area (Å²) in [5.74, 6) is 1.87. The predicted octanol–water partition coefficient (Wildman–Crippen LogP) is 11.9. The molecule has 1 aliphatic carbocycles. The van der Waals surface area contributed by atoms with Gasteiger partial charge in [-0.3, -0.25) is 0 Å². The lowest BCUT2D eigenvalue weighted by Gasteiger charge is -2.48. The highest BCUT2D eigenvalue weighted by Crippen LogP contribution is 2.57. The Labute approximate surface area is 289 Å². The van der Waals surface area contributed by atoms with Crippen molar-refractivity contribution in [2.75, 3.05) is 0 Å². The largest absolute Gasteiger partial charge is 0.456 e. The van der Waals surface area contributed by atoms with E-state index in [0.29, 0.717) is 17.5 Å². The first kappa shape index (κ1) is 28.9. The Bertz CT molecular complexity index is 2820. The Morgan fingerprint density at radius 1 is 0.440 bits per heavy atom. The number of nitrogens with zero attached hydrogens (tertiary/aromatic N) is 3. The molecular weight excluding hydrogens is 615 g/mol. The topological polar surface area (TPSA) is 65.0 Å². The molecule has 0 amide bonds. The molecule has 0 saturated carbocycles. The monoisotopic (exact) mass is 647 g/mol. The molecule has 50 heavy (non-hydrogen) atoms. The van der Waals surface area contributed by atoms with E-state index in [9.17, 15) is 0 Å². The van der Waals surface area contributed by atoms with Crippen molar-refractivity contribution in [1.82, 2.24) is 15.0 Å². The van der Waals surface area contributed by atoms with Crippen molar-refractivity contribution >= 4 is 43.9 Å². The highest BCUT2D eigenvalue weighted by atomic mass is 16.3. The van der Waals surface area contributed by atoms with Gasteiger partial charge in [0.15, 0.2) is 17.5 Å². The maximum absolute atomic E-state index is 6.62. The number of hydrogen-bond donors (Lipinski definition) is 0. The molecule has 0 N–H and O–H groups in total. The normalized spacial score (nSPS) is 14.7. The van der Waals surface area contributed by atoms with E-state index < -0.39 is 0 Å². The third kappa shape index (κ3) is 3.98. The molecule has 240 valence electrons. The summed E-state index contributed by atoms with van der Waals surface area (Å²) in [6, 6.07) is 43.9. The minimum Gasteiger partial charge on any atom is -0.456 e. The molecule has 5 heteroatoms. The van der Waals surface area contributed by atoms with Crippen molar-refractivity contribution in [3.63, 3.8) is 0 Å². The third-order valence-corrected chi connectivity index (χ3v) is 11.3. The number of benzene rings is 6. The maximum Gasteiger partial charge on any atom is 0.164 e. The van der Waals surface area contributed by atoms with E-state index in [1.165, 1.54) is 22.3 Å². The second-order valence-corrected chi connectivity index (χ2v) is 14.4. The van der Waals surface area contributed by atoms with Gasteiger partial charge < -0.3 is 8.83 Å². The Balaban J connectivity index is 1.20. The molecule has 0 unspecified atom stereocenters. The van der Waals surface area contributed by atoms with Crippen molar-refractivity contribution in [3.8, 4) is 45.3 Å². The van der Waals surface area contributed by atoms with Gasteiger partial charge in [-0.25, -0.2) is 15.0 Å². The van der Waals surface area contributed by atoms with E-state index in [2.05, 4.69) is 88.4 Å². The molecule has 3 aromatic heterocycles. The number of furan rings is 2. The average Bonchev–Trinajstić information content (AvgIpc) is 3.72. The Kier molecular flexibility index (Phi) is 5.91. The van der Waals surface area contributed by atoms with Gasteiger partial charge in [-0.05, 0) is 52.4 Å². The van der Waals surface area contributed by atoms with E-state index >= 15 is 0 Å². The van der Waals surface area contributed by atoms with Gasteiger partial charge in [-0.15, -0.1) is 0 Å². The summed E-state index contributed by atoms with van der Waals surface area (Å²) in [4.78, 5) is 15.4. The maximum atomic E-state index is 6.62. The SMILES string of the molecule is CC1(C)c2cc(-c3nc(-c4ccccc4)nc(-c4cccc5oc6ccccc6c45)n3)ccc2-c2ccc3c(oc4ccccc43)c2C1(C)C. The van der Waals surface area contributed by atoms with Crippen molar-refractivity contribution in [3.05, 3.63) is 139 Å². The summed E-state index contributed by atoms with van der Waals surface area (Å²) in [6.45, 7) is 9.38. The number of aromatic nitrogens is 3. The molecule has 0 aliphatic heterocycles. The quantitative estimate of drug-likeness (QED) is 0.191. The summed E-state index contributed by atoms with van der Waals surface area (Å²) in [5, 5.41) is 4.35. The van der Waals surface area contributed by atoms with Gasteiger partial charge in [0.1, 0.15) is 22.3 Å². The van der Waals surface area contributed by atoms with Crippen molar-refractivity contribution in [1.29, 1.82) is 0 Å². The standard InChI is InChI=1S/C45H33N3O2/c1-44(2)34-25-27(21-22-28(34)30-23-24-31-29-15-8-10-18-35(29)50-40(31)39(30)45(44,3)4)42-46-41(26-13-6-5-7-14-26)47-43(48-42)33-17-12-20-37-38(33)32-16-9-11-19-36(32)49-37/h5-25H,1-4H3. The fourth-order valence-electron chi connectivity index (χ4n) is 8.02. The van der Waals surface area contributed by atoms with Crippen LogP contribution in [0.1, 0.15) is 38.8 Å². The molecule has 5 nitrogen and oxygen atoms in total. The number of hydrogen-bond acceptors (Lipinski definition) is 5. The van der Waals surface area contributed by atoms with Gasteiger partial charge in [0.2, 0.25) is 0 Å². The minimum absolute atomic E-state index is 0.251. The third-order valence-electron chi connectivity index (χ3n) is 11.3. The van der Waals surface area contributed by atoms with Gasteiger partial charge in [0, 0.05) is 49.2 Å². The van der Waals surface area contributed by atoms with E-state index in [-0.39, 0.29) is 10.8 Å². The fraction of sp³-hybridized carbons (Fsp3) is 0.133. The molecule has 0 bridgehead atoms. The number of fused-ring (bicyclic) bond motifs is 10. The molecule has 0 spiro atoms. The van der Waals surface area contributed by atoms with Crippen LogP contribution in [-0.2, 0) is 10.8 Å². The zero-order valence-corrected chi connectivity index (χ0v) is 28.3. The molecule has 10 rings (SSSR count). The zero-order valence-electron chi connectivity index (χ0n) is 28.3. The van der Waals surface area contributed by atoms with E-state index in [4.69, 9.17) is 23.8 Å². The molecule has 0 atom stereocenters. The van der Waals surface area contributed by atoms with Crippen LogP contribution in [0.25, 0.3) is 89.2 Å². The molecule has 3 heterocycles. The average molecular weight is 648 g/mol. The number of rotatable bonds is 3. The molecule has 0 fully saturated rings. The molecule has 1 aliphatic rings. The first-order valence-corrected chi connectivity index (χ1v) is 17.1. The summed E-state index contributed by atoms with van der Waals surface area (Å²) in [6.07, 6.45) is 0. The molecule has 6 aromatic carbocycles. The van der Waals surface area contributed by atoms with E-state index in [0.717, 1.165) is 60.6 Å². The van der Waals surface area contributed by atoms with Gasteiger partial charge in [0.25, 0.3) is 0 Å². The van der Waals surface area contributed by atoms with Crippen LogP contribution in [0.15, 0.2) is 136 Å². The van der Waals surface area contributed by atoms with Crippen LogP contribution < -0.4 is 0 Å². The van der Waals surface area contributed by atoms with E-state index in [1.54, 1.807) is 0 Å². The Morgan fingerprint density at radius 3 is 1.88 bits per heavy atom. The van der Waals surface area contributed by atoms with Crippen molar-refractivity contribution in [2.24, 2.45) is 0 Å². The van der Waals surface area contributed by atoms with E-state index in [1.807, 2.05) is 66.7 Å². The van der Waals surface area contributed by atoms with Gasteiger partial charge >= 0.3 is 0 Å². The second kappa shape index (κ2) is 10.2. The lowest BCUT2D eigenvalue weighted by atomic mass is 9.55. The summed E-state index contributed by atoms with van der Waals surface area (Å²) in [5.41, 5.74) is 10.8. The Morgan fingerprint density at radius 2 is 1.08 bits per heavy atom. The zero-order chi connectivity index (χ0) is 33.8. The first-order chi connectivity index (χ1) is 24.3. The number of para-hydroxylation sites is 2. The van der Waals surface area contributed by atoms with Crippen LogP contribution in [0.2, 0.25) is 0 Å². The summed E-state index contributed by atoms with van der Waals surface area (Å²) < 4.78 is 12.9. The Hall–Kier alpha value is -6.07. The minimum atomic E-state index is -0.252. The fourth-order valence-corrected chi connectivity index (χ4v) is 8.02. The van der Waals surface area contributed by atoms with Crippen LogP contribution >= 0.6 is 0 Å². The van der Waals surface area contributed by atoms with Gasteiger partial charge in [0.05, 0.1) is 0 Å². The summed E-state index contributed by atoms with van der Waals surface area (Å²) in [7, 11) is 0. The van der Waals surface area contributed by atoms with Crippen molar-refractivity contribution < 1.29 is 8.83 Å². The van der Waals surface area contributed by atoms with Crippen LogP contribution in [0, 0.1) is 0 Å². The smallest absolute Gasteiger partial charge is 0.164 e. The molecule has 9 aromatic rings. The van der Waals surface area contributed by atoms with Crippen LogP contribution in [0.4, 0.5) is 0 Å². The lowest BCUT2D eigenvalue weighted by molar-refractivity contribution is 0.299. The molecular formula is C45H33N3O2. The van der Waals surface area contributed by atoms with Gasteiger partial charge in [-0.2, -0.15) is 0 Å².